The second-order valence-corrected chi connectivity index (χ2v) is 7.71. The summed E-state index contributed by atoms with van der Waals surface area (Å²) in [5.74, 6) is -0.0111. The van der Waals surface area contributed by atoms with Crippen molar-refractivity contribution >= 4 is 17.3 Å². The molecule has 8 heteroatoms. The summed E-state index contributed by atoms with van der Waals surface area (Å²) < 4.78 is 0. The predicted molar refractivity (Wildman–Crippen MR) is 108 cm³/mol. The van der Waals surface area contributed by atoms with Crippen molar-refractivity contribution in [2.75, 3.05) is 0 Å². The molecule has 0 aliphatic heterocycles. The van der Waals surface area contributed by atoms with Crippen LogP contribution in [0.5, 0.6) is 0 Å². The molecule has 1 aliphatic carbocycles. The second kappa shape index (κ2) is 7.98. The number of hydrogen-bond donors (Lipinski definition) is 0. The highest BCUT2D eigenvalue weighted by Crippen LogP contribution is 2.34. The van der Waals surface area contributed by atoms with Gasteiger partial charge in [0.05, 0.1) is 21.5 Å². The minimum Gasteiger partial charge on any atom is -0.331 e. The van der Waals surface area contributed by atoms with Crippen LogP contribution in [0.1, 0.15) is 59.7 Å². The first-order valence-corrected chi connectivity index (χ1v) is 9.52. The van der Waals surface area contributed by atoms with Gasteiger partial charge < -0.3 is 4.90 Å². The Hall–Kier alpha value is -3.29. The lowest BCUT2D eigenvalue weighted by molar-refractivity contribution is -0.394. The number of carbonyl (C=O) groups is 1. The van der Waals surface area contributed by atoms with Crippen molar-refractivity contribution in [3.63, 3.8) is 0 Å². The molecule has 152 valence electrons. The van der Waals surface area contributed by atoms with Crippen molar-refractivity contribution in [2.45, 2.75) is 52.1 Å². The quantitative estimate of drug-likeness (QED) is 0.495. The lowest BCUT2D eigenvalue weighted by Gasteiger charge is -2.23. The molecule has 1 fully saturated rings. The molecule has 0 unspecified atom stereocenters. The van der Waals surface area contributed by atoms with Gasteiger partial charge in [0, 0.05) is 24.2 Å². The van der Waals surface area contributed by atoms with Gasteiger partial charge in [-0.3, -0.25) is 25.0 Å². The normalized spacial score (nSPS) is 13.4. The minimum absolute atomic E-state index is 0.0107. The van der Waals surface area contributed by atoms with Gasteiger partial charge in [-0.1, -0.05) is 38.1 Å². The van der Waals surface area contributed by atoms with Crippen LogP contribution >= 0.6 is 0 Å². The van der Waals surface area contributed by atoms with E-state index in [4.69, 9.17) is 0 Å². The summed E-state index contributed by atoms with van der Waals surface area (Å²) in [5, 5.41) is 22.5. The average Bonchev–Trinajstić information content (AvgIpc) is 3.50. The zero-order chi connectivity index (χ0) is 21.3. The van der Waals surface area contributed by atoms with E-state index in [-0.39, 0.29) is 17.2 Å². The molecule has 2 aromatic rings. The van der Waals surface area contributed by atoms with Crippen LogP contribution < -0.4 is 0 Å². The Bertz CT molecular complexity index is 965. The first kappa shape index (κ1) is 20.4. The first-order chi connectivity index (χ1) is 13.7. The summed E-state index contributed by atoms with van der Waals surface area (Å²) in [6, 6.07) is 10.1. The van der Waals surface area contributed by atoms with Gasteiger partial charge >= 0.3 is 0 Å². The maximum atomic E-state index is 13.3. The van der Waals surface area contributed by atoms with Crippen LogP contribution in [0.15, 0.2) is 36.4 Å². The number of carbonyl (C=O) groups excluding carboxylic acids is 1. The van der Waals surface area contributed by atoms with E-state index in [0.29, 0.717) is 12.5 Å². The zero-order valence-corrected chi connectivity index (χ0v) is 16.6. The van der Waals surface area contributed by atoms with Gasteiger partial charge in [-0.25, -0.2) is 0 Å². The highest BCUT2D eigenvalue weighted by molar-refractivity contribution is 5.97. The molecule has 29 heavy (non-hydrogen) atoms. The summed E-state index contributed by atoms with van der Waals surface area (Å²) in [7, 11) is 0. The molecule has 0 spiro atoms. The highest BCUT2D eigenvalue weighted by atomic mass is 16.6. The Balaban J connectivity index is 1.95. The Morgan fingerprint density at radius 2 is 1.72 bits per heavy atom. The van der Waals surface area contributed by atoms with E-state index in [1.54, 1.807) is 4.90 Å². The van der Waals surface area contributed by atoms with Crippen molar-refractivity contribution in [1.82, 2.24) is 4.90 Å². The summed E-state index contributed by atoms with van der Waals surface area (Å²) in [6.45, 7) is 6.02. The van der Waals surface area contributed by atoms with Crippen LogP contribution in [-0.2, 0) is 6.54 Å². The Labute approximate surface area is 168 Å². The zero-order valence-electron chi connectivity index (χ0n) is 16.6. The number of benzene rings is 2. The average molecular weight is 397 g/mol. The minimum atomic E-state index is -0.713. The third-order valence-corrected chi connectivity index (χ3v) is 5.25. The van der Waals surface area contributed by atoms with Crippen LogP contribution in [0.4, 0.5) is 11.4 Å². The lowest BCUT2D eigenvalue weighted by atomic mass is 10.0. The van der Waals surface area contributed by atoms with Gasteiger partial charge in [0.15, 0.2) is 0 Å². The van der Waals surface area contributed by atoms with E-state index in [2.05, 4.69) is 13.8 Å². The topological polar surface area (TPSA) is 107 Å². The summed E-state index contributed by atoms with van der Waals surface area (Å²) >= 11 is 0. The highest BCUT2D eigenvalue weighted by Gasteiger charge is 2.35. The van der Waals surface area contributed by atoms with Crippen LogP contribution in [0.25, 0.3) is 0 Å². The van der Waals surface area contributed by atoms with Crippen molar-refractivity contribution in [1.29, 1.82) is 0 Å². The standard InChI is InChI=1S/C21H23N3O5/c1-13(2)16-6-4-15(5-7-16)12-22(17-8-9-17)21(25)19-10-18(23(26)27)11-20(14(19)3)24(28)29/h4-7,10-11,13,17H,8-9,12H2,1-3H3. The number of amides is 1. The third-order valence-electron chi connectivity index (χ3n) is 5.25. The fourth-order valence-corrected chi connectivity index (χ4v) is 3.31. The molecule has 1 saturated carbocycles. The van der Waals surface area contributed by atoms with Gasteiger partial charge in [-0.2, -0.15) is 0 Å². The molecule has 0 saturated heterocycles. The molecule has 3 rings (SSSR count). The summed E-state index contributed by atoms with van der Waals surface area (Å²) in [4.78, 5) is 36.1. The second-order valence-electron chi connectivity index (χ2n) is 7.71. The molecule has 8 nitrogen and oxygen atoms in total. The Morgan fingerprint density at radius 3 is 2.21 bits per heavy atom. The maximum Gasteiger partial charge on any atom is 0.279 e. The van der Waals surface area contributed by atoms with Crippen molar-refractivity contribution < 1.29 is 14.6 Å². The third kappa shape index (κ3) is 4.42. The van der Waals surface area contributed by atoms with Crippen molar-refractivity contribution in [3.05, 3.63) is 78.9 Å². The van der Waals surface area contributed by atoms with Gasteiger partial charge in [0.25, 0.3) is 17.3 Å². The molecule has 0 aromatic heterocycles. The molecule has 1 aliphatic rings. The van der Waals surface area contributed by atoms with Gasteiger partial charge in [0.2, 0.25) is 0 Å². The lowest BCUT2D eigenvalue weighted by Crippen LogP contribution is -2.33. The monoisotopic (exact) mass is 397 g/mol. The van der Waals surface area contributed by atoms with Crippen LogP contribution in [0, 0.1) is 27.2 Å². The molecular weight excluding hydrogens is 374 g/mol. The van der Waals surface area contributed by atoms with Crippen LogP contribution in [-0.4, -0.2) is 26.7 Å². The summed E-state index contributed by atoms with van der Waals surface area (Å²) in [5.41, 5.74) is 1.43. The first-order valence-electron chi connectivity index (χ1n) is 9.52. The van der Waals surface area contributed by atoms with E-state index in [0.717, 1.165) is 30.5 Å². The molecule has 0 radical (unpaired) electrons. The Morgan fingerprint density at radius 1 is 1.10 bits per heavy atom. The van der Waals surface area contributed by atoms with Crippen LogP contribution in [0.3, 0.4) is 0 Å². The largest absolute Gasteiger partial charge is 0.331 e. The van der Waals surface area contributed by atoms with E-state index < -0.39 is 27.1 Å². The van der Waals surface area contributed by atoms with E-state index >= 15 is 0 Å². The number of rotatable bonds is 7. The van der Waals surface area contributed by atoms with Gasteiger partial charge in [0.1, 0.15) is 0 Å². The molecule has 0 heterocycles. The number of nitro groups is 2. The molecule has 2 aromatic carbocycles. The Kier molecular flexibility index (Phi) is 5.63. The van der Waals surface area contributed by atoms with E-state index in [9.17, 15) is 25.0 Å². The summed E-state index contributed by atoms with van der Waals surface area (Å²) in [6.07, 6.45) is 1.71. The smallest absolute Gasteiger partial charge is 0.279 e. The predicted octanol–water partition coefficient (Wildman–Crippen LogP) is 4.74. The van der Waals surface area contributed by atoms with E-state index in [1.807, 2.05) is 24.3 Å². The van der Waals surface area contributed by atoms with Crippen LogP contribution in [0.2, 0.25) is 0 Å². The number of non-ortho nitro benzene ring substituents is 1. The fourth-order valence-electron chi connectivity index (χ4n) is 3.31. The van der Waals surface area contributed by atoms with Gasteiger partial charge in [-0.15, -0.1) is 0 Å². The maximum absolute atomic E-state index is 13.3. The molecular formula is C21H23N3O5. The SMILES string of the molecule is Cc1c(C(=O)N(Cc2ccc(C(C)C)cc2)C2CC2)cc([N+](=O)[O-])cc1[N+](=O)[O-]. The molecule has 0 N–H and O–H groups in total. The molecule has 1 amide bonds. The van der Waals surface area contributed by atoms with E-state index in [1.165, 1.54) is 12.5 Å². The number of hydrogen-bond acceptors (Lipinski definition) is 5. The fraction of sp³-hybridized carbons (Fsp3) is 0.381. The molecule has 0 atom stereocenters. The number of nitrogens with zero attached hydrogens (tertiary/aromatic N) is 3. The van der Waals surface area contributed by atoms with Crippen molar-refractivity contribution in [3.8, 4) is 0 Å². The van der Waals surface area contributed by atoms with Gasteiger partial charge in [-0.05, 0) is 36.8 Å². The number of nitro benzene ring substituents is 2. The van der Waals surface area contributed by atoms with Crippen molar-refractivity contribution in [2.24, 2.45) is 0 Å². The molecule has 0 bridgehead atoms.